The number of hydrogen-bond acceptors (Lipinski definition) is 5. The molecule has 9 heteroatoms. The number of nitrogens with one attached hydrogen (secondary N) is 1. The second-order valence-electron chi connectivity index (χ2n) is 6.83. The van der Waals surface area contributed by atoms with Crippen LogP contribution in [-0.2, 0) is 10.0 Å². The zero-order valence-electron chi connectivity index (χ0n) is 15.9. The molecular formula is C21H18FN3O4S. The third kappa shape index (κ3) is 3.97. The van der Waals surface area contributed by atoms with Gasteiger partial charge in [0.1, 0.15) is 17.6 Å². The monoisotopic (exact) mass is 427 g/mol. The molecule has 0 saturated heterocycles. The van der Waals surface area contributed by atoms with E-state index in [-0.39, 0.29) is 12.0 Å². The van der Waals surface area contributed by atoms with Crippen LogP contribution in [0.25, 0.3) is 0 Å². The van der Waals surface area contributed by atoms with Crippen molar-refractivity contribution in [1.82, 2.24) is 5.01 Å². The summed E-state index contributed by atoms with van der Waals surface area (Å²) in [6, 6.07) is 15.3. The van der Waals surface area contributed by atoms with Gasteiger partial charge in [-0.2, -0.15) is 5.10 Å². The Balaban J connectivity index is 1.77. The average Bonchev–Trinajstić information content (AvgIpc) is 3.37. The van der Waals surface area contributed by atoms with Crippen LogP contribution >= 0.6 is 0 Å². The first-order valence-corrected chi connectivity index (χ1v) is 11.0. The first-order chi connectivity index (χ1) is 14.3. The molecule has 1 aliphatic heterocycles. The maximum absolute atomic E-state index is 14.2. The molecule has 4 rings (SSSR count). The molecule has 0 saturated carbocycles. The summed E-state index contributed by atoms with van der Waals surface area (Å²) in [7, 11) is -3.52. The summed E-state index contributed by atoms with van der Waals surface area (Å²) >= 11 is 0. The zero-order valence-corrected chi connectivity index (χ0v) is 16.8. The number of nitrogens with zero attached hydrogens (tertiary/aromatic N) is 2. The molecule has 1 amide bonds. The Morgan fingerprint density at radius 3 is 2.57 bits per heavy atom. The van der Waals surface area contributed by atoms with Crippen molar-refractivity contribution in [2.75, 3.05) is 11.0 Å². The van der Waals surface area contributed by atoms with Crippen molar-refractivity contribution in [3.8, 4) is 0 Å². The lowest BCUT2D eigenvalue weighted by Crippen LogP contribution is -2.27. The van der Waals surface area contributed by atoms with Crippen molar-refractivity contribution in [3.05, 3.63) is 89.6 Å². The molecule has 154 valence electrons. The van der Waals surface area contributed by atoms with Crippen LogP contribution in [0.5, 0.6) is 0 Å². The number of benzene rings is 2. The Bertz CT molecular complexity index is 1220. The van der Waals surface area contributed by atoms with E-state index < -0.39 is 27.8 Å². The van der Waals surface area contributed by atoms with Crippen LogP contribution in [0.2, 0.25) is 0 Å². The molecule has 0 radical (unpaired) electrons. The lowest BCUT2D eigenvalue weighted by Gasteiger charge is -2.20. The molecular weight excluding hydrogens is 409 g/mol. The van der Waals surface area contributed by atoms with Gasteiger partial charge < -0.3 is 4.42 Å². The first kappa shape index (κ1) is 19.8. The molecule has 0 unspecified atom stereocenters. The summed E-state index contributed by atoms with van der Waals surface area (Å²) in [5.74, 6) is -0.770. The Morgan fingerprint density at radius 2 is 1.87 bits per heavy atom. The van der Waals surface area contributed by atoms with Gasteiger partial charge in [0.05, 0.1) is 29.5 Å². The van der Waals surface area contributed by atoms with Crippen LogP contribution in [0, 0.1) is 5.82 Å². The maximum Gasteiger partial charge on any atom is 0.277 e. The van der Waals surface area contributed by atoms with Crippen molar-refractivity contribution in [2.24, 2.45) is 5.10 Å². The highest BCUT2D eigenvalue weighted by Crippen LogP contribution is 2.36. The molecule has 3 aromatic rings. The molecule has 0 fully saturated rings. The fourth-order valence-electron chi connectivity index (χ4n) is 3.34. The number of halogens is 1. The second-order valence-corrected chi connectivity index (χ2v) is 8.58. The van der Waals surface area contributed by atoms with Crippen LogP contribution in [-0.4, -0.2) is 31.3 Å². The van der Waals surface area contributed by atoms with Gasteiger partial charge in [0.25, 0.3) is 5.91 Å². The van der Waals surface area contributed by atoms with Crippen molar-refractivity contribution in [3.63, 3.8) is 0 Å². The predicted octanol–water partition coefficient (Wildman–Crippen LogP) is 3.78. The molecule has 7 nitrogen and oxygen atoms in total. The molecule has 0 bridgehead atoms. The number of carbonyl (C=O) groups is 1. The van der Waals surface area contributed by atoms with Gasteiger partial charge in [-0.3, -0.25) is 9.52 Å². The smallest absolute Gasteiger partial charge is 0.277 e. The topological polar surface area (TPSA) is 92.0 Å². The minimum absolute atomic E-state index is 0.110. The molecule has 1 aromatic heterocycles. The highest BCUT2D eigenvalue weighted by molar-refractivity contribution is 7.92. The third-order valence-corrected chi connectivity index (χ3v) is 5.22. The number of hydrogen-bond donors (Lipinski definition) is 1. The molecule has 30 heavy (non-hydrogen) atoms. The largest absolute Gasteiger partial charge is 0.467 e. The summed E-state index contributed by atoms with van der Waals surface area (Å²) in [5, 5.41) is 5.63. The van der Waals surface area contributed by atoms with Crippen molar-refractivity contribution >= 4 is 27.3 Å². The van der Waals surface area contributed by atoms with Crippen LogP contribution in [0.4, 0.5) is 10.1 Å². The van der Waals surface area contributed by atoms with Gasteiger partial charge in [-0.25, -0.2) is 17.8 Å². The first-order valence-electron chi connectivity index (χ1n) is 9.09. The summed E-state index contributed by atoms with van der Waals surface area (Å²) in [6.45, 7) is 0. The predicted molar refractivity (Wildman–Crippen MR) is 110 cm³/mol. The normalized spacial score (nSPS) is 16.4. The van der Waals surface area contributed by atoms with Crippen molar-refractivity contribution in [1.29, 1.82) is 0 Å². The Labute approximate surface area is 172 Å². The number of anilines is 1. The number of para-hydroxylation sites is 1. The minimum atomic E-state index is -3.52. The van der Waals surface area contributed by atoms with Gasteiger partial charge in [0, 0.05) is 12.0 Å². The van der Waals surface area contributed by atoms with E-state index in [1.165, 1.54) is 29.5 Å². The van der Waals surface area contributed by atoms with E-state index in [1.54, 1.807) is 42.5 Å². The highest BCUT2D eigenvalue weighted by atomic mass is 32.2. The van der Waals surface area contributed by atoms with E-state index in [0.29, 0.717) is 22.7 Å². The van der Waals surface area contributed by atoms with E-state index in [9.17, 15) is 17.6 Å². The molecule has 1 N–H and O–H groups in total. The van der Waals surface area contributed by atoms with Crippen molar-refractivity contribution < 1.29 is 22.0 Å². The molecule has 2 heterocycles. The summed E-state index contributed by atoms with van der Waals surface area (Å²) in [6.07, 6.45) is 2.81. The zero-order chi connectivity index (χ0) is 21.3. The Hall–Kier alpha value is -3.46. The molecule has 0 spiro atoms. The maximum atomic E-state index is 14.2. The van der Waals surface area contributed by atoms with Crippen LogP contribution in [0.1, 0.15) is 34.1 Å². The van der Waals surface area contributed by atoms with Gasteiger partial charge in [-0.15, -0.1) is 0 Å². The number of carbonyl (C=O) groups excluding carboxylic acids is 1. The quantitative estimate of drug-likeness (QED) is 0.671. The standard InChI is InChI=1S/C21H18FN3O4S/c1-30(27,28)24-17-10-5-3-8-15(17)18-13-19(20-11-6-12-29-20)25(23-18)21(26)14-7-2-4-9-16(14)22/h2-12,19,24H,13H2,1H3/t19-/m0/s1. The van der Waals surface area contributed by atoms with Gasteiger partial charge in [0.15, 0.2) is 0 Å². The molecule has 0 aliphatic carbocycles. The number of rotatable bonds is 5. The van der Waals surface area contributed by atoms with E-state index in [4.69, 9.17) is 4.42 Å². The number of amides is 1. The summed E-state index contributed by atoms with van der Waals surface area (Å²) < 4.78 is 45.7. The molecule has 2 aromatic carbocycles. The lowest BCUT2D eigenvalue weighted by molar-refractivity contribution is 0.0688. The van der Waals surface area contributed by atoms with Crippen molar-refractivity contribution in [2.45, 2.75) is 12.5 Å². The third-order valence-electron chi connectivity index (χ3n) is 4.63. The van der Waals surface area contributed by atoms with E-state index in [1.807, 2.05) is 0 Å². The van der Waals surface area contributed by atoms with E-state index in [2.05, 4.69) is 9.82 Å². The Kier molecular flexibility index (Phi) is 5.13. The fraction of sp³-hybridized carbons (Fsp3) is 0.143. The van der Waals surface area contributed by atoms with E-state index >= 15 is 0 Å². The lowest BCUT2D eigenvalue weighted by atomic mass is 10.0. The highest BCUT2D eigenvalue weighted by Gasteiger charge is 2.36. The van der Waals surface area contributed by atoms with E-state index in [0.717, 1.165) is 6.26 Å². The van der Waals surface area contributed by atoms with Crippen LogP contribution in [0.3, 0.4) is 0 Å². The Morgan fingerprint density at radius 1 is 1.13 bits per heavy atom. The van der Waals surface area contributed by atoms with Gasteiger partial charge in [0.2, 0.25) is 10.0 Å². The van der Waals surface area contributed by atoms with Gasteiger partial charge in [-0.1, -0.05) is 30.3 Å². The molecule has 1 aliphatic rings. The second kappa shape index (κ2) is 7.75. The van der Waals surface area contributed by atoms with Gasteiger partial charge in [-0.05, 0) is 30.3 Å². The number of hydrazone groups is 1. The molecule has 1 atom stereocenters. The van der Waals surface area contributed by atoms with Crippen LogP contribution < -0.4 is 4.72 Å². The number of furan rings is 1. The summed E-state index contributed by atoms with van der Waals surface area (Å²) in [4.78, 5) is 13.1. The minimum Gasteiger partial charge on any atom is -0.467 e. The fourth-order valence-corrected chi connectivity index (χ4v) is 3.92. The van der Waals surface area contributed by atoms with Crippen LogP contribution in [0.15, 0.2) is 76.4 Å². The van der Waals surface area contributed by atoms with Gasteiger partial charge >= 0.3 is 0 Å². The SMILES string of the molecule is CS(=O)(=O)Nc1ccccc1C1=NN(C(=O)c2ccccc2F)[C@H](c2ccco2)C1. The summed E-state index contributed by atoms with van der Waals surface area (Å²) in [5.41, 5.74) is 1.25. The average molecular weight is 427 g/mol. The number of sulfonamides is 1.